The third kappa shape index (κ3) is 3.61. The highest BCUT2D eigenvalue weighted by molar-refractivity contribution is 5.85. The second-order valence-electron chi connectivity index (χ2n) is 7.73. The molecule has 1 aromatic heterocycles. The number of hydrogen-bond acceptors (Lipinski definition) is 3. The lowest BCUT2D eigenvalue weighted by molar-refractivity contribution is 0.193. The number of hydrogen-bond donors (Lipinski definition) is 2. The normalized spacial score (nSPS) is 22.4. The maximum atomic E-state index is 4.27. The minimum atomic E-state index is 0. The molecule has 120 valence electrons. The van der Waals surface area contributed by atoms with E-state index in [-0.39, 0.29) is 17.8 Å². The summed E-state index contributed by atoms with van der Waals surface area (Å²) in [5.74, 6) is 0. The molecule has 4 nitrogen and oxygen atoms in total. The SMILES string of the molecule is CC(C)(C)c1[nH]ncc1CN1CCC2(CCNCC2)C1.Cl. The van der Waals surface area contributed by atoms with Gasteiger partial charge >= 0.3 is 0 Å². The molecule has 0 aromatic carbocycles. The molecule has 3 rings (SSSR count). The summed E-state index contributed by atoms with van der Waals surface area (Å²) in [4.78, 5) is 2.63. The molecule has 2 N–H and O–H groups in total. The molecule has 0 aliphatic carbocycles. The quantitative estimate of drug-likeness (QED) is 0.882. The van der Waals surface area contributed by atoms with Gasteiger partial charge in [0.05, 0.1) is 6.20 Å². The van der Waals surface area contributed by atoms with Gasteiger partial charge in [-0.1, -0.05) is 20.8 Å². The Morgan fingerprint density at radius 1 is 1.24 bits per heavy atom. The molecule has 2 saturated heterocycles. The molecule has 2 aliphatic heterocycles. The van der Waals surface area contributed by atoms with Gasteiger partial charge in [0.15, 0.2) is 0 Å². The third-order valence-electron chi connectivity index (χ3n) is 5.04. The first-order valence-corrected chi connectivity index (χ1v) is 7.94. The first-order valence-electron chi connectivity index (χ1n) is 7.94. The molecular weight excluding hydrogens is 284 g/mol. The summed E-state index contributed by atoms with van der Waals surface area (Å²) in [6.07, 6.45) is 6.09. The molecule has 2 aliphatic rings. The van der Waals surface area contributed by atoms with Crippen LogP contribution in [0.15, 0.2) is 6.20 Å². The number of rotatable bonds is 2. The molecule has 3 heterocycles. The monoisotopic (exact) mass is 312 g/mol. The van der Waals surface area contributed by atoms with E-state index in [2.05, 4.69) is 41.2 Å². The number of piperidine rings is 1. The molecular formula is C16H29ClN4. The van der Waals surface area contributed by atoms with Crippen molar-refractivity contribution in [2.75, 3.05) is 26.2 Å². The number of aromatic amines is 1. The van der Waals surface area contributed by atoms with E-state index in [1.54, 1.807) is 0 Å². The fourth-order valence-electron chi connectivity index (χ4n) is 3.85. The van der Waals surface area contributed by atoms with Crippen LogP contribution in [0.5, 0.6) is 0 Å². The lowest BCUT2D eigenvalue weighted by Gasteiger charge is -2.34. The fraction of sp³-hybridized carbons (Fsp3) is 0.812. The zero-order chi connectivity index (χ0) is 14.2. The zero-order valence-corrected chi connectivity index (χ0v) is 14.4. The predicted molar refractivity (Wildman–Crippen MR) is 89.0 cm³/mol. The Hall–Kier alpha value is -0.580. The molecule has 0 bridgehead atoms. The number of nitrogens with one attached hydrogen (secondary N) is 2. The van der Waals surface area contributed by atoms with Gasteiger partial charge in [-0.2, -0.15) is 5.10 Å². The minimum absolute atomic E-state index is 0. The number of halogens is 1. The standard InChI is InChI=1S/C16H28N4.ClH/c1-15(2,3)14-13(10-18-19-14)11-20-9-6-16(12-20)4-7-17-8-5-16;/h10,17H,4-9,11-12H2,1-3H3,(H,18,19);1H. The number of likely N-dealkylation sites (tertiary alicyclic amines) is 1. The van der Waals surface area contributed by atoms with Crippen molar-refractivity contribution in [2.45, 2.75) is 52.0 Å². The van der Waals surface area contributed by atoms with Gasteiger partial charge in [-0.3, -0.25) is 10.00 Å². The first kappa shape index (κ1) is 16.8. The van der Waals surface area contributed by atoms with Crippen molar-refractivity contribution in [1.82, 2.24) is 20.4 Å². The van der Waals surface area contributed by atoms with Crippen LogP contribution in [0.25, 0.3) is 0 Å². The summed E-state index contributed by atoms with van der Waals surface area (Å²) >= 11 is 0. The van der Waals surface area contributed by atoms with E-state index >= 15 is 0 Å². The summed E-state index contributed by atoms with van der Waals surface area (Å²) in [5, 5.41) is 11.0. The van der Waals surface area contributed by atoms with Crippen molar-refractivity contribution in [3.8, 4) is 0 Å². The van der Waals surface area contributed by atoms with Crippen LogP contribution in [0.1, 0.15) is 51.3 Å². The van der Waals surface area contributed by atoms with E-state index in [1.165, 1.54) is 56.7 Å². The lowest BCUT2D eigenvalue weighted by Crippen LogP contribution is -2.38. The number of aromatic nitrogens is 2. The smallest absolute Gasteiger partial charge is 0.0535 e. The van der Waals surface area contributed by atoms with Crippen LogP contribution in [-0.2, 0) is 12.0 Å². The summed E-state index contributed by atoms with van der Waals surface area (Å²) < 4.78 is 0. The molecule has 0 unspecified atom stereocenters. The fourth-order valence-corrected chi connectivity index (χ4v) is 3.85. The van der Waals surface area contributed by atoms with Gasteiger partial charge in [-0.25, -0.2) is 0 Å². The van der Waals surface area contributed by atoms with E-state index in [0.717, 1.165) is 6.54 Å². The highest BCUT2D eigenvalue weighted by atomic mass is 35.5. The van der Waals surface area contributed by atoms with Crippen LogP contribution in [0.4, 0.5) is 0 Å². The summed E-state index contributed by atoms with van der Waals surface area (Å²) in [5.41, 5.74) is 3.42. The Morgan fingerprint density at radius 2 is 1.95 bits per heavy atom. The van der Waals surface area contributed by atoms with Crippen LogP contribution in [-0.4, -0.2) is 41.3 Å². The second-order valence-corrected chi connectivity index (χ2v) is 7.73. The Morgan fingerprint density at radius 3 is 2.62 bits per heavy atom. The molecule has 0 amide bonds. The minimum Gasteiger partial charge on any atom is -0.317 e. The van der Waals surface area contributed by atoms with Crippen LogP contribution in [0.2, 0.25) is 0 Å². The van der Waals surface area contributed by atoms with Crippen molar-refractivity contribution < 1.29 is 0 Å². The topological polar surface area (TPSA) is 44.0 Å². The average Bonchev–Trinajstić information content (AvgIpc) is 2.98. The van der Waals surface area contributed by atoms with Gasteiger partial charge in [0, 0.05) is 29.8 Å². The summed E-state index contributed by atoms with van der Waals surface area (Å²) in [6, 6.07) is 0. The average molecular weight is 313 g/mol. The Bertz CT molecular complexity index is 457. The molecule has 1 spiro atoms. The molecule has 2 fully saturated rings. The van der Waals surface area contributed by atoms with E-state index in [1.807, 2.05) is 6.20 Å². The van der Waals surface area contributed by atoms with Crippen molar-refractivity contribution >= 4 is 12.4 Å². The molecule has 0 saturated carbocycles. The van der Waals surface area contributed by atoms with E-state index in [0.29, 0.717) is 5.41 Å². The van der Waals surface area contributed by atoms with Gasteiger partial charge in [-0.05, 0) is 44.3 Å². The Balaban J connectivity index is 0.00000161. The van der Waals surface area contributed by atoms with Crippen LogP contribution in [0, 0.1) is 5.41 Å². The Kier molecular flexibility index (Phi) is 5.01. The van der Waals surface area contributed by atoms with Gasteiger partial charge in [0.2, 0.25) is 0 Å². The molecule has 0 atom stereocenters. The molecule has 21 heavy (non-hydrogen) atoms. The van der Waals surface area contributed by atoms with Gasteiger partial charge in [0.1, 0.15) is 0 Å². The number of H-pyrrole nitrogens is 1. The molecule has 1 aromatic rings. The van der Waals surface area contributed by atoms with Gasteiger partial charge < -0.3 is 5.32 Å². The third-order valence-corrected chi connectivity index (χ3v) is 5.04. The summed E-state index contributed by atoms with van der Waals surface area (Å²) in [6.45, 7) is 12.7. The maximum Gasteiger partial charge on any atom is 0.0535 e. The van der Waals surface area contributed by atoms with Crippen LogP contribution >= 0.6 is 12.4 Å². The molecule has 0 radical (unpaired) electrons. The number of nitrogens with zero attached hydrogens (tertiary/aromatic N) is 2. The van der Waals surface area contributed by atoms with Crippen molar-refractivity contribution in [3.63, 3.8) is 0 Å². The van der Waals surface area contributed by atoms with Gasteiger partial charge in [-0.15, -0.1) is 12.4 Å². The predicted octanol–water partition coefficient (Wildman–Crippen LogP) is 2.70. The van der Waals surface area contributed by atoms with E-state index in [9.17, 15) is 0 Å². The lowest BCUT2D eigenvalue weighted by atomic mass is 9.78. The molecule has 5 heteroatoms. The van der Waals surface area contributed by atoms with E-state index in [4.69, 9.17) is 0 Å². The van der Waals surface area contributed by atoms with Crippen molar-refractivity contribution in [2.24, 2.45) is 5.41 Å². The largest absolute Gasteiger partial charge is 0.317 e. The second kappa shape index (κ2) is 6.27. The Labute approximate surface area is 134 Å². The van der Waals surface area contributed by atoms with Crippen molar-refractivity contribution in [3.05, 3.63) is 17.5 Å². The highest BCUT2D eigenvalue weighted by Crippen LogP contribution is 2.39. The van der Waals surface area contributed by atoms with Crippen LogP contribution in [0.3, 0.4) is 0 Å². The van der Waals surface area contributed by atoms with E-state index < -0.39 is 0 Å². The zero-order valence-electron chi connectivity index (χ0n) is 13.5. The van der Waals surface area contributed by atoms with Gasteiger partial charge in [0.25, 0.3) is 0 Å². The van der Waals surface area contributed by atoms with Crippen molar-refractivity contribution in [1.29, 1.82) is 0 Å². The highest BCUT2D eigenvalue weighted by Gasteiger charge is 2.39. The summed E-state index contributed by atoms with van der Waals surface area (Å²) in [7, 11) is 0. The maximum absolute atomic E-state index is 4.27. The van der Waals surface area contributed by atoms with Crippen LogP contribution < -0.4 is 5.32 Å². The first-order chi connectivity index (χ1) is 9.49.